The highest BCUT2D eigenvalue weighted by Crippen LogP contribution is 2.15. The molecule has 2 aromatic carbocycles. The standard InChI is InChI=1S/C21H21N3O2S/c1-24(18-9-3-2-4-10-18)13-12-22-20(25)16-7-5-8-17(15-16)23-21(26)19-11-6-14-27-19/h2-11,14-15H,12-13H2,1H3,(H,22,25)(H,23,26). The van der Waals surface area contributed by atoms with Crippen LogP contribution in [0.5, 0.6) is 0 Å². The monoisotopic (exact) mass is 379 g/mol. The Morgan fingerprint density at radius 3 is 2.52 bits per heavy atom. The van der Waals surface area contributed by atoms with Crippen molar-refractivity contribution in [1.82, 2.24) is 5.32 Å². The minimum atomic E-state index is -0.174. The number of carbonyl (C=O) groups excluding carboxylic acids is 2. The van der Waals surface area contributed by atoms with Gasteiger partial charge >= 0.3 is 0 Å². The predicted molar refractivity (Wildman–Crippen MR) is 111 cm³/mol. The molecule has 0 atom stereocenters. The van der Waals surface area contributed by atoms with Gasteiger partial charge in [-0.15, -0.1) is 11.3 Å². The molecule has 6 heteroatoms. The van der Waals surface area contributed by atoms with Gasteiger partial charge in [-0.2, -0.15) is 0 Å². The number of benzene rings is 2. The highest BCUT2D eigenvalue weighted by Gasteiger charge is 2.10. The van der Waals surface area contributed by atoms with Crippen LogP contribution in [0.4, 0.5) is 11.4 Å². The molecule has 0 aliphatic rings. The molecular formula is C21H21N3O2S. The normalized spacial score (nSPS) is 10.3. The van der Waals surface area contributed by atoms with Crippen molar-refractivity contribution < 1.29 is 9.59 Å². The number of likely N-dealkylation sites (N-methyl/N-ethyl adjacent to an activating group) is 1. The van der Waals surface area contributed by atoms with E-state index >= 15 is 0 Å². The third-order valence-electron chi connectivity index (χ3n) is 4.06. The van der Waals surface area contributed by atoms with Gasteiger partial charge in [-0.1, -0.05) is 30.3 Å². The molecule has 2 N–H and O–H groups in total. The first-order valence-electron chi connectivity index (χ1n) is 8.63. The Morgan fingerprint density at radius 2 is 1.78 bits per heavy atom. The van der Waals surface area contributed by atoms with Gasteiger partial charge in [0.05, 0.1) is 4.88 Å². The largest absolute Gasteiger partial charge is 0.373 e. The third-order valence-corrected chi connectivity index (χ3v) is 4.93. The summed E-state index contributed by atoms with van der Waals surface area (Å²) in [5, 5.41) is 7.59. The molecule has 5 nitrogen and oxygen atoms in total. The average Bonchev–Trinajstić information content (AvgIpc) is 3.24. The summed E-state index contributed by atoms with van der Waals surface area (Å²) in [6.07, 6.45) is 0. The summed E-state index contributed by atoms with van der Waals surface area (Å²) >= 11 is 1.38. The van der Waals surface area contributed by atoms with Gasteiger partial charge in [-0.3, -0.25) is 9.59 Å². The maximum Gasteiger partial charge on any atom is 0.265 e. The molecule has 0 saturated carbocycles. The Labute approximate surface area is 162 Å². The van der Waals surface area contributed by atoms with Crippen LogP contribution in [0.2, 0.25) is 0 Å². The van der Waals surface area contributed by atoms with Crippen molar-refractivity contribution in [3.05, 3.63) is 82.6 Å². The van der Waals surface area contributed by atoms with E-state index in [1.165, 1.54) is 11.3 Å². The summed E-state index contributed by atoms with van der Waals surface area (Å²) in [4.78, 5) is 27.2. The van der Waals surface area contributed by atoms with Gasteiger partial charge in [0.25, 0.3) is 11.8 Å². The lowest BCUT2D eigenvalue weighted by Crippen LogP contribution is -2.33. The fraction of sp³-hybridized carbons (Fsp3) is 0.143. The van der Waals surface area contributed by atoms with Crippen molar-refractivity contribution in [3.63, 3.8) is 0 Å². The fourth-order valence-corrected chi connectivity index (χ4v) is 3.21. The van der Waals surface area contributed by atoms with E-state index in [4.69, 9.17) is 0 Å². The first kappa shape index (κ1) is 18.7. The third kappa shape index (κ3) is 5.18. The van der Waals surface area contributed by atoms with Crippen LogP contribution in [-0.4, -0.2) is 32.0 Å². The minimum absolute atomic E-state index is 0.163. The number of carbonyl (C=O) groups is 2. The lowest BCUT2D eigenvalue weighted by atomic mass is 10.2. The summed E-state index contributed by atoms with van der Waals surface area (Å²) in [5.41, 5.74) is 2.22. The molecule has 27 heavy (non-hydrogen) atoms. The number of para-hydroxylation sites is 1. The molecule has 3 aromatic rings. The number of nitrogens with one attached hydrogen (secondary N) is 2. The van der Waals surface area contributed by atoms with Crippen LogP contribution >= 0.6 is 11.3 Å². The van der Waals surface area contributed by atoms with E-state index in [1.807, 2.05) is 48.8 Å². The Kier molecular flexibility index (Phi) is 6.22. The molecule has 0 saturated heterocycles. The second-order valence-corrected chi connectivity index (χ2v) is 6.97. The first-order valence-corrected chi connectivity index (χ1v) is 9.51. The summed E-state index contributed by atoms with van der Waals surface area (Å²) < 4.78 is 0. The molecule has 0 bridgehead atoms. The molecule has 0 spiro atoms. The highest BCUT2D eigenvalue weighted by molar-refractivity contribution is 7.12. The molecule has 0 unspecified atom stereocenters. The number of amides is 2. The van der Waals surface area contributed by atoms with Gasteiger partial charge in [-0.25, -0.2) is 0 Å². The SMILES string of the molecule is CN(CCNC(=O)c1cccc(NC(=O)c2cccs2)c1)c1ccccc1. The number of hydrogen-bond donors (Lipinski definition) is 2. The van der Waals surface area contributed by atoms with E-state index < -0.39 is 0 Å². The highest BCUT2D eigenvalue weighted by atomic mass is 32.1. The zero-order valence-electron chi connectivity index (χ0n) is 15.0. The van der Waals surface area contributed by atoms with Gasteiger partial charge in [0, 0.05) is 37.1 Å². The zero-order chi connectivity index (χ0) is 19.1. The summed E-state index contributed by atoms with van der Waals surface area (Å²) in [6.45, 7) is 1.22. The second-order valence-electron chi connectivity index (χ2n) is 6.03. The van der Waals surface area contributed by atoms with E-state index in [1.54, 1.807) is 30.3 Å². The molecule has 2 amide bonds. The van der Waals surface area contributed by atoms with E-state index in [0.717, 1.165) is 5.69 Å². The molecule has 1 aromatic heterocycles. The van der Waals surface area contributed by atoms with Crippen LogP contribution in [0.1, 0.15) is 20.0 Å². The number of hydrogen-bond acceptors (Lipinski definition) is 4. The van der Waals surface area contributed by atoms with Gasteiger partial charge in [0.15, 0.2) is 0 Å². The lowest BCUT2D eigenvalue weighted by Gasteiger charge is -2.19. The van der Waals surface area contributed by atoms with Gasteiger partial charge in [0.2, 0.25) is 0 Å². The first-order chi connectivity index (χ1) is 13.1. The molecule has 0 aliphatic carbocycles. The lowest BCUT2D eigenvalue weighted by molar-refractivity contribution is 0.0953. The van der Waals surface area contributed by atoms with E-state index in [9.17, 15) is 9.59 Å². The smallest absolute Gasteiger partial charge is 0.265 e. The molecule has 1 heterocycles. The van der Waals surface area contributed by atoms with Crippen molar-refractivity contribution in [1.29, 1.82) is 0 Å². The minimum Gasteiger partial charge on any atom is -0.373 e. The molecule has 3 rings (SSSR count). The number of thiophene rings is 1. The fourth-order valence-electron chi connectivity index (χ4n) is 2.59. The molecule has 0 fully saturated rings. The van der Waals surface area contributed by atoms with E-state index in [0.29, 0.717) is 29.2 Å². The van der Waals surface area contributed by atoms with Crippen LogP contribution in [-0.2, 0) is 0 Å². The maximum atomic E-state index is 12.4. The summed E-state index contributed by atoms with van der Waals surface area (Å²) in [5.74, 6) is -0.337. The predicted octanol–water partition coefficient (Wildman–Crippen LogP) is 3.87. The Balaban J connectivity index is 1.53. The van der Waals surface area contributed by atoms with Crippen molar-refractivity contribution in [2.75, 3.05) is 30.4 Å². The van der Waals surface area contributed by atoms with Crippen molar-refractivity contribution in [2.45, 2.75) is 0 Å². The number of nitrogens with zero attached hydrogens (tertiary/aromatic N) is 1. The van der Waals surface area contributed by atoms with E-state index in [-0.39, 0.29) is 11.8 Å². The van der Waals surface area contributed by atoms with Gasteiger partial charge < -0.3 is 15.5 Å². The van der Waals surface area contributed by atoms with Crippen LogP contribution < -0.4 is 15.5 Å². The average molecular weight is 379 g/mol. The van der Waals surface area contributed by atoms with Crippen LogP contribution in [0.3, 0.4) is 0 Å². The molecule has 0 radical (unpaired) electrons. The van der Waals surface area contributed by atoms with Crippen LogP contribution in [0.25, 0.3) is 0 Å². The zero-order valence-corrected chi connectivity index (χ0v) is 15.8. The van der Waals surface area contributed by atoms with Crippen LogP contribution in [0, 0.1) is 0 Å². The molecule has 138 valence electrons. The van der Waals surface area contributed by atoms with Crippen molar-refractivity contribution in [3.8, 4) is 0 Å². The summed E-state index contributed by atoms with van der Waals surface area (Å²) in [6, 6.07) is 20.5. The quantitative estimate of drug-likeness (QED) is 0.655. The van der Waals surface area contributed by atoms with Crippen LogP contribution in [0.15, 0.2) is 72.1 Å². The molecule has 0 aliphatic heterocycles. The number of anilines is 2. The maximum absolute atomic E-state index is 12.4. The van der Waals surface area contributed by atoms with Gasteiger partial charge in [-0.05, 0) is 41.8 Å². The van der Waals surface area contributed by atoms with Crippen molar-refractivity contribution >= 4 is 34.5 Å². The molecular weight excluding hydrogens is 358 g/mol. The Morgan fingerprint density at radius 1 is 0.963 bits per heavy atom. The Bertz CT molecular complexity index is 895. The van der Waals surface area contributed by atoms with Crippen molar-refractivity contribution in [2.24, 2.45) is 0 Å². The van der Waals surface area contributed by atoms with E-state index in [2.05, 4.69) is 15.5 Å². The van der Waals surface area contributed by atoms with Gasteiger partial charge in [0.1, 0.15) is 0 Å². The topological polar surface area (TPSA) is 61.4 Å². The summed E-state index contributed by atoms with van der Waals surface area (Å²) in [7, 11) is 1.99. The second kappa shape index (κ2) is 9.00. The number of rotatable bonds is 7. The Hall–Kier alpha value is -3.12.